The van der Waals surface area contributed by atoms with E-state index in [1.165, 1.54) is 0 Å². The zero-order chi connectivity index (χ0) is 25.3. The molecule has 1 atom stereocenters. The number of ether oxygens (including phenoxy) is 1. The molecule has 2 amide bonds. The summed E-state index contributed by atoms with van der Waals surface area (Å²) in [6.45, 7) is 0.421. The van der Waals surface area contributed by atoms with Gasteiger partial charge in [-0.2, -0.15) is 0 Å². The molecule has 182 valence electrons. The summed E-state index contributed by atoms with van der Waals surface area (Å²) < 4.78 is 5.38. The van der Waals surface area contributed by atoms with Crippen LogP contribution in [0.1, 0.15) is 22.7 Å². The lowest BCUT2D eigenvalue weighted by Gasteiger charge is -2.20. The van der Waals surface area contributed by atoms with E-state index in [4.69, 9.17) is 16.2 Å². The molecule has 8 heteroatoms. The third-order valence-corrected chi connectivity index (χ3v) is 5.50. The maximum atomic E-state index is 13.4. The summed E-state index contributed by atoms with van der Waals surface area (Å²) in [4.78, 5) is 30.1. The number of nitrogen functional groups attached to an aromatic ring is 1. The summed E-state index contributed by atoms with van der Waals surface area (Å²) >= 11 is 0. The number of alkyl carbamates (subject to hydrolysis) is 1. The Morgan fingerprint density at radius 3 is 2.39 bits per heavy atom. The Hall–Kier alpha value is -4.69. The van der Waals surface area contributed by atoms with Crippen LogP contribution in [0.2, 0.25) is 0 Å². The third-order valence-electron chi connectivity index (χ3n) is 5.50. The molecule has 4 rings (SSSR count). The molecule has 0 bridgehead atoms. The van der Waals surface area contributed by atoms with Gasteiger partial charge in [-0.1, -0.05) is 60.7 Å². The molecule has 8 nitrogen and oxygen atoms in total. The Kier molecular flexibility index (Phi) is 7.90. The second-order valence-electron chi connectivity index (χ2n) is 8.13. The quantitative estimate of drug-likeness (QED) is 0.295. The highest BCUT2D eigenvalue weighted by Crippen LogP contribution is 2.25. The molecule has 0 spiro atoms. The highest BCUT2D eigenvalue weighted by atomic mass is 16.5. The van der Waals surface area contributed by atoms with Crippen molar-refractivity contribution in [2.45, 2.75) is 19.2 Å². The molecular weight excluding hydrogens is 454 g/mol. The fraction of sp³-hybridized carbons (Fsp3) is 0.107. The minimum absolute atomic E-state index is 0.0793. The second-order valence-corrected chi connectivity index (χ2v) is 8.13. The van der Waals surface area contributed by atoms with Gasteiger partial charge in [-0.3, -0.25) is 4.79 Å². The van der Waals surface area contributed by atoms with Crippen LogP contribution in [-0.4, -0.2) is 17.0 Å². The smallest absolute Gasteiger partial charge is 0.408 e. The van der Waals surface area contributed by atoms with Gasteiger partial charge >= 0.3 is 6.09 Å². The van der Waals surface area contributed by atoms with Crippen molar-refractivity contribution in [2.75, 3.05) is 11.1 Å². The molecule has 3 aromatic carbocycles. The van der Waals surface area contributed by atoms with Crippen molar-refractivity contribution in [1.82, 2.24) is 10.3 Å². The van der Waals surface area contributed by atoms with E-state index in [9.17, 15) is 9.59 Å². The number of anilines is 2. The summed E-state index contributed by atoms with van der Waals surface area (Å²) in [5, 5.41) is 5.58. The van der Waals surface area contributed by atoms with E-state index in [1.54, 1.807) is 30.5 Å². The molecule has 0 unspecified atom stereocenters. The van der Waals surface area contributed by atoms with E-state index >= 15 is 0 Å². The summed E-state index contributed by atoms with van der Waals surface area (Å²) in [7, 11) is 0. The number of nitrogens with zero attached hydrogens (tertiary/aromatic N) is 1. The van der Waals surface area contributed by atoms with Crippen LogP contribution in [0.15, 0.2) is 97.2 Å². The fourth-order valence-corrected chi connectivity index (χ4v) is 3.70. The molecule has 4 aromatic rings. The van der Waals surface area contributed by atoms with Gasteiger partial charge < -0.3 is 26.8 Å². The lowest BCUT2D eigenvalue weighted by Crippen LogP contribution is -2.37. The topological polar surface area (TPSA) is 132 Å². The van der Waals surface area contributed by atoms with E-state index in [1.807, 2.05) is 66.7 Å². The van der Waals surface area contributed by atoms with Crippen molar-refractivity contribution in [3.63, 3.8) is 0 Å². The van der Waals surface area contributed by atoms with E-state index < -0.39 is 18.0 Å². The first-order valence-electron chi connectivity index (χ1n) is 11.4. The number of nitrogens with one attached hydrogen (secondary N) is 2. The molecule has 36 heavy (non-hydrogen) atoms. The first-order valence-corrected chi connectivity index (χ1v) is 11.4. The standard InChI is InChI=1S/C28H27N5O3/c29-17-20-8-4-11-24(14-20)32-27(34)26(33-28(35)36-18-19-6-2-1-3-7-19)23-10-5-9-21(15-23)22-12-13-31-25(30)16-22/h1-16,26H,17-18,29H2,(H2,30,31)(H,32,34)(H,33,35)/t26-/m1/s1. The van der Waals surface area contributed by atoms with Gasteiger partial charge in [0.2, 0.25) is 0 Å². The van der Waals surface area contributed by atoms with Crippen molar-refractivity contribution in [3.8, 4) is 11.1 Å². The highest BCUT2D eigenvalue weighted by molar-refractivity contribution is 5.97. The number of amides is 2. The highest BCUT2D eigenvalue weighted by Gasteiger charge is 2.24. The maximum absolute atomic E-state index is 13.4. The van der Waals surface area contributed by atoms with Crippen molar-refractivity contribution < 1.29 is 14.3 Å². The molecule has 6 N–H and O–H groups in total. The van der Waals surface area contributed by atoms with E-state index in [2.05, 4.69) is 15.6 Å². The van der Waals surface area contributed by atoms with Crippen molar-refractivity contribution in [1.29, 1.82) is 0 Å². The van der Waals surface area contributed by atoms with Crippen LogP contribution < -0.4 is 22.1 Å². The minimum Gasteiger partial charge on any atom is -0.445 e. The first-order chi connectivity index (χ1) is 17.5. The van der Waals surface area contributed by atoms with Gasteiger partial charge in [0, 0.05) is 18.4 Å². The molecule has 0 aliphatic heterocycles. The Morgan fingerprint density at radius 2 is 1.61 bits per heavy atom. The lowest BCUT2D eigenvalue weighted by atomic mass is 9.99. The molecule has 0 aliphatic carbocycles. The normalized spacial score (nSPS) is 11.4. The fourth-order valence-electron chi connectivity index (χ4n) is 3.70. The third kappa shape index (κ3) is 6.46. The van der Waals surface area contributed by atoms with Crippen molar-refractivity contribution in [2.24, 2.45) is 5.73 Å². The van der Waals surface area contributed by atoms with Crippen LogP contribution in [0.3, 0.4) is 0 Å². The maximum Gasteiger partial charge on any atom is 0.408 e. The second kappa shape index (κ2) is 11.6. The van der Waals surface area contributed by atoms with Crippen molar-refractivity contribution in [3.05, 3.63) is 114 Å². The Labute approximate surface area is 209 Å². The minimum atomic E-state index is -1.02. The molecule has 0 saturated carbocycles. The van der Waals surface area contributed by atoms with Crippen LogP contribution in [-0.2, 0) is 22.7 Å². The summed E-state index contributed by atoms with van der Waals surface area (Å²) in [5.74, 6) is -0.0400. The van der Waals surface area contributed by atoms with E-state index in [0.717, 1.165) is 22.3 Å². The number of aromatic nitrogens is 1. The van der Waals surface area contributed by atoms with Crippen LogP contribution in [0.4, 0.5) is 16.3 Å². The lowest BCUT2D eigenvalue weighted by molar-refractivity contribution is -0.118. The number of benzene rings is 3. The molecule has 1 heterocycles. The number of carbonyl (C=O) groups excluding carboxylic acids is 2. The van der Waals surface area contributed by atoms with Crippen LogP contribution in [0.5, 0.6) is 0 Å². The van der Waals surface area contributed by atoms with Gasteiger partial charge in [-0.25, -0.2) is 9.78 Å². The number of pyridine rings is 1. The average Bonchev–Trinajstić information content (AvgIpc) is 2.91. The zero-order valence-corrected chi connectivity index (χ0v) is 19.6. The van der Waals surface area contributed by atoms with Crippen LogP contribution in [0.25, 0.3) is 11.1 Å². The molecule has 0 radical (unpaired) electrons. The number of hydrogen-bond acceptors (Lipinski definition) is 6. The zero-order valence-electron chi connectivity index (χ0n) is 19.6. The summed E-state index contributed by atoms with van der Waals surface area (Å²) in [5.41, 5.74) is 16.1. The van der Waals surface area contributed by atoms with Crippen LogP contribution in [0, 0.1) is 0 Å². The predicted octanol–water partition coefficient (Wildman–Crippen LogP) is 4.40. The summed E-state index contributed by atoms with van der Waals surface area (Å²) in [6, 6.07) is 26.4. The van der Waals surface area contributed by atoms with Gasteiger partial charge in [0.05, 0.1) is 0 Å². The number of hydrogen-bond donors (Lipinski definition) is 4. The van der Waals surface area contributed by atoms with Crippen LogP contribution >= 0.6 is 0 Å². The molecule has 0 aliphatic rings. The Bertz CT molecular complexity index is 1340. The SMILES string of the molecule is NCc1cccc(NC(=O)[C@H](NC(=O)OCc2ccccc2)c2cccc(-c3ccnc(N)c3)c2)c1. The molecular formula is C28H27N5O3. The Morgan fingerprint density at radius 1 is 0.861 bits per heavy atom. The van der Waals surface area contributed by atoms with Gasteiger partial charge in [-0.05, 0) is 58.1 Å². The van der Waals surface area contributed by atoms with E-state index in [0.29, 0.717) is 23.6 Å². The predicted molar refractivity (Wildman–Crippen MR) is 140 cm³/mol. The van der Waals surface area contributed by atoms with Gasteiger partial charge in [0.25, 0.3) is 5.91 Å². The molecule has 0 saturated heterocycles. The van der Waals surface area contributed by atoms with Gasteiger partial charge in [0.15, 0.2) is 0 Å². The monoisotopic (exact) mass is 481 g/mol. The Balaban J connectivity index is 1.59. The largest absolute Gasteiger partial charge is 0.445 e. The average molecular weight is 482 g/mol. The number of carbonyl (C=O) groups is 2. The first kappa shape index (κ1) is 24.4. The number of rotatable bonds is 8. The van der Waals surface area contributed by atoms with Gasteiger partial charge in [-0.15, -0.1) is 0 Å². The van der Waals surface area contributed by atoms with Gasteiger partial charge in [0.1, 0.15) is 18.5 Å². The van der Waals surface area contributed by atoms with Crippen molar-refractivity contribution >= 4 is 23.5 Å². The number of nitrogens with two attached hydrogens (primary N) is 2. The summed E-state index contributed by atoms with van der Waals surface area (Å²) in [6.07, 6.45) is 0.902. The molecule has 1 aromatic heterocycles. The molecule has 0 fully saturated rings. The van der Waals surface area contributed by atoms with E-state index in [-0.39, 0.29) is 6.61 Å².